The summed E-state index contributed by atoms with van der Waals surface area (Å²) >= 11 is 0. The first-order valence-corrected chi connectivity index (χ1v) is 6.58. The second kappa shape index (κ2) is 5.92. The predicted molar refractivity (Wildman–Crippen MR) is 74.8 cm³/mol. The van der Waals surface area contributed by atoms with Crippen molar-refractivity contribution in [3.05, 3.63) is 24.3 Å². The maximum absolute atomic E-state index is 5.52. The molecule has 0 spiro atoms. The molecule has 2 rings (SSSR count). The van der Waals surface area contributed by atoms with Gasteiger partial charge in [-0.1, -0.05) is 18.6 Å². The molecule has 17 heavy (non-hydrogen) atoms. The molecule has 3 nitrogen and oxygen atoms in total. The average molecular weight is 233 g/mol. The summed E-state index contributed by atoms with van der Waals surface area (Å²) in [4.78, 5) is 4.84. The molecule has 3 heteroatoms. The monoisotopic (exact) mass is 233 g/mol. The Morgan fingerprint density at radius 1 is 1.06 bits per heavy atom. The molecular weight excluding hydrogens is 210 g/mol. The fourth-order valence-corrected chi connectivity index (χ4v) is 2.42. The number of nitrogens with zero attached hydrogens (tertiary/aromatic N) is 2. The molecule has 1 aliphatic heterocycles. The van der Waals surface area contributed by atoms with Gasteiger partial charge in [0.2, 0.25) is 0 Å². The van der Waals surface area contributed by atoms with Crippen LogP contribution < -0.4 is 15.5 Å². The molecule has 1 aromatic carbocycles. The summed E-state index contributed by atoms with van der Waals surface area (Å²) in [5.74, 6) is 0. The first-order chi connectivity index (χ1) is 8.33. The van der Waals surface area contributed by atoms with Gasteiger partial charge in [0, 0.05) is 26.7 Å². The number of nitrogens with two attached hydrogens (primary N) is 1. The summed E-state index contributed by atoms with van der Waals surface area (Å²) in [5.41, 5.74) is 8.26. The molecule has 0 saturated heterocycles. The van der Waals surface area contributed by atoms with Crippen LogP contribution >= 0.6 is 0 Å². The molecule has 0 radical (unpaired) electrons. The number of anilines is 2. The van der Waals surface area contributed by atoms with E-state index in [2.05, 4.69) is 41.1 Å². The summed E-state index contributed by atoms with van der Waals surface area (Å²) < 4.78 is 0. The van der Waals surface area contributed by atoms with E-state index in [0.29, 0.717) is 0 Å². The van der Waals surface area contributed by atoms with E-state index < -0.39 is 0 Å². The van der Waals surface area contributed by atoms with Crippen LogP contribution in [0, 0.1) is 0 Å². The Labute approximate surface area is 104 Å². The number of unbranched alkanes of at least 4 members (excludes halogenated alkanes) is 2. The van der Waals surface area contributed by atoms with Gasteiger partial charge in [0.25, 0.3) is 0 Å². The van der Waals surface area contributed by atoms with Crippen LogP contribution in [0.2, 0.25) is 0 Å². The van der Waals surface area contributed by atoms with Gasteiger partial charge in [-0.05, 0) is 31.5 Å². The molecule has 0 atom stereocenters. The van der Waals surface area contributed by atoms with Crippen LogP contribution in [0.5, 0.6) is 0 Å². The fraction of sp³-hybridized carbons (Fsp3) is 0.571. The Morgan fingerprint density at radius 2 is 1.82 bits per heavy atom. The maximum atomic E-state index is 5.52. The molecule has 1 heterocycles. The fourth-order valence-electron chi connectivity index (χ4n) is 2.42. The lowest BCUT2D eigenvalue weighted by molar-refractivity contribution is 0.645. The zero-order valence-electron chi connectivity index (χ0n) is 10.7. The second-order valence-electron chi connectivity index (χ2n) is 4.75. The topological polar surface area (TPSA) is 32.5 Å². The van der Waals surface area contributed by atoms with Crippen LogP contribution in [0.4, 0.5) is 11.4 Å². The van der Waals surface area contributed by atoms with E-state index in [1.807, 2.05) is 0 Å². The molecule has 0 aromatic heterocycles. The van der Waals surface area contributed by atoms with Gasteiger partial charge in [-0.2, -0.15) is 0 Å². The Hall–Kier alpha value is -1.22. The van der Waals surface area contributed by atoms with Gasteiger partial charge >= 0.3 is 0 Å². The highest BCUT2D eigenvalue weighted by atomic mass is 15.2. The molecule has 1 aliphatic rings. The van der Waals surface area contributed by atoms with Crippen molar-refractivity contribution in [3.8, 4) is 0 Å². The number of likely N-dealkylation sites (N-methyl/N-ethyl adjacent to an activating group) is 1. The molecule has 2 N–H and O–H groups in total. The number of para-hydroxylation sites is 2. The van der Waals surface area contributed by atoms with E-state index in [-0.39, 0.29) is 0 Å². The van der Waals surface area contributed by atoms with Crippen LogP contribution in [0.1, 0.15) is 19.3 Å². The Kier molecular flexibility index (Phi) is 4.26. The Bertz CT molecular complexity index is 351. The van der Waals surface area contributed by atoms with Gasteiger partial charge < -0.3 is 15.5 Å². The third-order valence-electron chi connectivity index (χ3n) is 3.47. The summed E-state index contributed by atoms with van der Waals surface area (Å²) in [7, 11) is 2.17. The zero-order valence-corrected chi connectivity index (χ0v) is 10.7. The number of hydrogen-bond acceptors (Lipinski definition) is 3. The molecule has 1 aromatic rings. The molecule has 94 valence electrons. The quantitative estimate of drug-likeness (QED) is 0.790. The normalized spacial score (nSPS) is 14.9. The van der Waals surface area contributed by atoms with Crippen molar-refractivity contribution in [1.29, 1.82) is 0 Å². The lowest BCUT2D eigenvalue weighted by Gasteiger charge is -2.37. The SMILES string of the molecule is CN1CCN(CCCCCN)c2ccccc21. The van der Waals surface area contributed by atoms with Crippen molar-refractivity contribution in [2.75, 3.05) is 43.0 Å². The molecule has 0 amide bonds. The molecular formula is C14H23N3. The van der Waals surface area contributed by atoms with Crippen molar-refractivity contribution in [1.82, 2.24) is 0 Å². The zero-order chi connectivity index (χ0) is 12.1. The van der Waals surface area contributed by atoms with E-state index in [1.165, 1.54) is 24.2 Å². The third kappa shape index (κ3) is 2.91. The van der Waals surface area contributed by atoms with Crippen LogP contribution in [-0.2, 0) is 0 Å². The van der Waals surface area contributed by atoms with Crippen LogP contribution in [-0.4, -0.2) is 33.2 Å². The number of hydrogen-bond donors (Lipinski definition) is 1. The first-order valence-electron chi connectivity index (χ1n) is 6.58. The third-order valence-corrected chi connectivity index (χ3v) is 3.47. The van der Waals surface area contributed by atoms with E-state index in [1.54, 1.807) is 0 Å². The van der Waals surface area contributed by atoms with Crippen molar-refractivity contribution in [2.24, 2.45) is 5.73 Å². The van der Waals surface area contributed by atoms with E-state index in [9.17, 15) is 0 Å². The van der Waals surface area contributed by atoms with E-state index in [4.69, 9.17) is 5.73 Å². The number of benzene rings is 1. The van der Waals surface area contributed by atoms with Crippen molar-refractivity contribution in [2.45, 2.75) is 19.3 Å². The van der Waals surface area contributed by atoms with Gasteiger partial charge in [-0.25, -0.2) is 0 Å². The average Bonchev–Trinajstić information content (AvgIpc) is 2.37. The molecule has 0 aliphatic carbocycles. The van der Waals surface area contributed by atoms with Gasteiger partial charge in [-0.3, -0.25) is 0 Å². The minimum Gasteiger partial charge on any atom is -0.371 e. The highest BCUT2D eigenvalue weighted by Gasteiger charge is 2.18. The van der Waals surface area contributed by atoms with Crippen LogP contribution in [0.15, 0.2) is 24.3 Å². The summed E-state index contributed by atoms with van der Waals surface area (Å²) in [6.45, 7) is 4.23. The Balaban J connectivity index is 1.98. The van der Waals surface area contributed by atoms with Crippen molar-refractivity contribution in [3.63, 3.8) is 0 Å². The summed E-state index contributed by atoms with van der Waals surface area (Å²) in [6, 6.07) is 8.69. The highest BCUT2D eigenvalue weighted by molar-refractivity contribution is 5.72. The Morgan fingerprint density at radius 3 is 2.59 bits per heavy atom. The standard InChI is InChI=1S/C14H23N3/c1-16-11-12-17(10-6-2-5-9-15)14-8-4-3-7-13(14)16/h3-4,7-8H,2,5-6,9-12,15H2,1H3. The van der Waals surface area contributed by atoms with Gasteiger partial charge in [0.05, 0.1) is 11.4 Å². The van der Waals surface area contributed by atoms with Crippen molar-refractivity contribution < 1.29 is 0 Å². The van der Waals surface area contributed by atoms with Gasteiger partial charge in [0.1, 0.15) is 0 Å². The summed E-state index contributed by atoms with van der Waals surface area (Å²) in [5, 5.41) is 0. The van der Waals surface area contributed by atoms with E-state index >= 15 is 0 Å². The predicted octanol–water partition coefficient (Wildman–Crippen LogP) is 2.07. The van der Waals surface area contributed by atoms with Gasteiger partial charge in [0.15, 0.2) is 0 Å². The van der Waals surface area contributed by atoms with E-state index in [0.717, 1.165) is 32.6 Å². The first kappa shape index (κ1) is 12.2. The number of rotatable bonds is 5. The van der Waals surface area contributed by atoms with Gasteiger partial charge in [-0.15, -0.1) is 0 Å². The molecule has 0 saturated carbocycles. The second-order valence-corrected chi connectivity index (χ2v) is 4.75. The molecule has 0 fully saturated rings. The van der Waals surface area contributed by atoms with Crippen LogP contribution in [0.25, 0.3) is 0 Å². The lowest BCUT2D eigenvalue weighted by atomic mass is 10.1. The number of fused-ring (bicyclic) bond motifs is 1. The molecule has 0 bridgehead atoms. The molecule has 0 unspecified atom stereocenters. The lowest BCUT2D eigenvalue weighted by Crippen LogP contribution is -2.39. The largest absolute Gasteiger partial charge is 0.371 e. The van der Waals surface area contributed by atoms with Crippen molar-refractivity contribution >= 4 is 11.4 Å². The van der Waals surface area contributed by atoms with Crippen LogP contribution in [0.3, 0.4) is 0 Å². The minimum absolute atomic E-state index is 0.819. The maximum Gasteiger partial charge on any atom is 0.0604 e. The highest BCUT2D eigenvalue weighted by Crippen LogP contribution is 2.31. The smallest absolute Gasteiger partial charge is 0.0604 e. The minimum atomic E-state index is 0.819. The summed E-state index contributed by atoms with van der Waals surface area (Å²) in [6.07, 6.45) is 3.63.